The number of ether oxygens (including phenoxy) is 1. The summed E-state index contributed by atoms with van der Waals surface area (Å²) in [6.07, 6.45) is 1.33. The van der Waals surface area contributed by atoms with E-state index < -0.39 is 5.60 Å². The number of carbonyl (C=O) groups is 1. The van der Waals surface area contributed by atoms with E-state index in [4.69, 9.17) is 22.7 Å². The van der Waals surface area contributed by atoms with Crippen molar-refractivity contribution in [2.45, 2.75) is 45.3 Å². The lowest BCUT2D eigenvalue weighted by Crippen LogP contribution is -2.55. The smallest absolute Gasteiger partial charge is 0.225 e. The first-order chi connectivity index (χ1) is 9.30. The van der Waals surface area contributed by atoms with Crippen molar-refractivity contribution in [2.75, 3.05) is 33.3 Å². The largest absolute Gasteiger partial charge is 0.392 e. The van der Waals surface area contributed by atoms with Gasteiger partial charge >= 0.3 is 0 Å². The number of carbonyl (C=O) groups excluding carboxylic acids is 1. The number of amides is 1. The highest BCUT2D eigenvalue weighted by atomic mass is 32.1. The maximum absolute atomic E-state index is 12.2. The van der Waals surface area contributed by atoms with Crippen LogP contribution in [0.1, 0.15) is 33.6 Å². The van der Waals surface area contributed by atoms with E-state index in [0.717, 1.165) is 32.6 Å². The van der Waals surface area contributed by atoms with Crippen LogP contribution < -0.4 is 5.73 Å². The molecule has 1 aliphatic rings. The third kappa shape index (κ3) is 4.68. The molecule has 0 aromatic carbocycles. The highest BCUT2D eigenvalue weighted by molar-refractivity contribution is 7.80. The zero-order valence-corrected chi connectivity index (χ0v) is 13.8. The Balaban J connectivity index is 2.50. The summed E-state index contributed by atoms with van der Waals surface area (Å²) < 4.78 is 5.32. The molecule has 6 heteroatoms. The molecule has 1 rings (SSSR count). The quantitative estimate of drug-likeness (QED) is 0.742. The van der Waals surface area contributed by atoms with Crippen LogP contribution >= 0.6 is 12.2 Å². The Morgan fingerprint density at radius 3 is 2.30 bits per heavy atom. The number of hydrogen-bond donors (Lipinski definition) is 1. The molecule has 0 bridgehead atoms. The second-order valence-corrected chi connectivity index (χ2v) is 6.36. The molecular weight excluding hydrogens is 274 g/mol. The molecule has 1 fully saturated rings. The van der Waals surface area contributed by atoms with Gasteiger partial charge in [0.15, 0.2) is 0 Å². The Bertz CT molecular complexity index is 352. The van der Waals surface area contributed by atoms with Crippen molar-refractivity contribution in [2.24, 2.45) is 5.73 Å². The molecular formula is C14H27N3O2S. The summed E-state index contributed by atoms with van der Waals surface area (Å²) in [5.74, 6) is 0.153. The van der Waals surface area contributed by atoms with E-state index in [9.17, 15) is 4.79 Å². The van der Waals surface area contributed by atoms with Crippen molar-refractivity contribution >= 4 is 23.1 Å². The van der Waals surface area contributed by atoms with Gasteiger partial charge in [-0.3, -0.25) is 9.69 Å². The van der Waals surface area contributed by atoms with E-state index in [-0.39, 0.29) is 11.9 Å². The first-order valence-electron chi connectivity index (χ1n) is 7.17. The summed E-state index contributed by atoms with van der Waals surface area (Å²) in [5.41, 5.74) is 5.36. The number of methoxy groups -OCH3 is 1. The van der Waals surface area contributed by atoms with Crippen LogP contribution in [0.25, 0.3) is 0 Å². The van der Waals surface area contributed by atoms with Gasteiger partial charge in [0.1, 0.15) is 0 Å². The molecule has 1 amide bonds. The summed E-state index contributed by atoms with van der Waals surface area (Å²) >= 11 is 5.10. The monoisotopic (exact) mass is 301 g/mol. The molecule has 0 aromatic heterocycles. The van der Waals surface area contributed by atoms with Crippen molar-refractivity contribution in [1.82, 2.24) is 9.80 Å². The lowest BCUT2D eigenvalue weighted by Gasteiger charge is -2.39. The number of nitrogens with two attached hydrogens (primary N) is 1. The van der Waals surface area contributed by atoms with Crippen molar-refractivity contribution in [3.63, 3.8) is 0 Å². The van der Waals surface area contributed by atoms with Gasteiger partial charge in [-0.1, -0.05) is 19.1 Å². The molecule has 1 unspecified atom stereocenters. The van der Waals surface area contributed by atoms with Gasteiger partial charge in [-0.2, -0.15) is 0 Å². The fourth-order valence-corrected chi connectivity index (χ4v) is 2.79. The summed E-state index contributed by atoms with van der Waals surface area (Å²) in [5, 5.41) is 0. The van der Waals surface area contributed by atoms with Crippen molar-refractivity contribution in [3.05, 3.63) is 0 Å². The average Bonchev–Trinajstić information content (AvgIpc) is 2.39. The number of hydrogen-bond acceptors (Lipinski definition) is 4. The van der Waals surface area contributed by atoms with Gasteiger partial charge in [-0.25, -0.2) is 0 Å². The van der Waals surface area contributed by atoms with Gasteiger partial charge in [0.2, 0.25) is 5.91 Å². The van der Waals surface area contributed by atoms with Gasteiger partial charge in [-0.15, -0.1) is 0 Å². The maximum Gasteiger partial charge on any atom is 0.225 e. The Morgan fingerprint density at radius 1 is 1.35 bits per heavy atom. The molecule has 0 radical (unpaired) electrons. The van der Waals surface area contributed by atoms with Crippen LogP contribution in [0, 0.1) is 0 Å². The lowest BCUT2D eigenvalue weighted by molar-refractivity contribution is -0.138. The van der Waals surface area contributed by atoms with Crippen LogP contribution in [0.2, 0.25) is 0 Å². The predicted octanol–water partition coefficient (Wildman–Crippen LogP) is 1.01. The fourth-order valence-electron chi connectivity index (χ4n) is 2.47. The predicted molar refractivity (Wildman–Crippen MR) is 84.7 cm³/mol. The molecule has 1 saturated heterocycles. The van der Waals surface area contributed by atoms with Crippen molar-refractivity contribution < 1.29 is 9.53 Å². The summed E-state index contributed by atoms with van der Waals surface area (Å²) in [6, 6.07) is 0.151. The van der Waals surface area contributed by atoms with Crippen molar-refractivity contribution in [1.29, 1.82) is 0 Å². The molecule has 5 nitrogen and oxygen atoms in total. The third-order valence-electron chi connectivity index (χ3n) is 3.95. The Labute approximate surface area is 127 Å². The van der Waals surface area contributed by atoms with E-state index >= 15 is 0 Å². The second-order valence-electron chi connectivity index (χ2n) is 5.88. The van der Waals surface area contributed by atoms with Crippen molar-refractivity contribution in [3.8, 4) is 0 Å². The third-order valence-corrected chi connectivity index (χ3v) is 4.22. The highest BCUT2D eigenvalue weighted by Gasteiger charge is 2.29. The first-order valence-corrected chi connectivity index (χ1v) is 7.58. The van der Waals surface area contributed by atoms with E-state index in [0.29, 0.717) is 11.4 Å². The summed E-state index contributed by atoms with van der Waals surface area (Å²) in [6.45, 7) is 9.07. The van der Waals surface area contributed by atoms with E-state index in [1.807, 2.05) is 18.7 Å². The molecule has 1 heterocycles. The standard InChI is InChI=1S/C14H27N3O2S/c1-5-11(13(15)20)16-6-8-17(9-7-16)12(18)10-14(2,3)19-4/h11H,5-10H2,1-4H3,(H2,15,20). The zero-order valence-electron chi connectivity index (χ0n) is 13.0. The molecule has 116 valence electrons. The van der Waals surface area contributed by atoms with Gasteiger partial charge in [0.25, 0.3) is 0 Å². The molecule has 2 N–H and O–H groups in total. The maximum atomic E-state index is 12.2. The normalized spacial score (nSPS) is 18.9. The van der Waals surface area contributed by atoms with Gasteiger partial charge in [-0.05, 0) is 20.3 Å². The Morgan fingerprint density at radius 2 is 1.90 bits per heavy atom. The van der Waals surface area contributed by atoms with Gasteiger partial charge < -0.3 is 15.4 Å². The second kappa shape index (κ2) is 7.33. The first kappa shape index (κ1) is 17.3. The minimum absolute atomic E-state index is 0.151. The molecule has 0 spiro atoms. The zero-order chi connectivity index (χ0) is 15.3. The van der Waals surface area contributed by atoms with Crippen LogP contribution in [0.5, 0.6) is 0 Å². The van der Waals surface area contributed by atoms with Crippen LogP contribution in [-0.4, -0.2) is 65.6 Å². The van der Waals surface area contributed by atoms with Gasteiger partial charge in [0.05, 0.1) is 23.1 Å². The minimum atomic E-state index is -0.404. The number of nitrogens with zero attached hydrogens (tertiary/aromatic N) is 2. The number of thiocarbonyl (C=S) groups is 1. The average molecular weight is 301 g/mol. The summed E-state index contributed by atoms with van der Waals surface area (Å²) in [7, 11) is 1.64. The lowest BCUT2D eigenvalue weighted by atomic mass is 10.0. The SMILES string of the molecule is CCC(C(N)=S)N1CCN(C(=O)CC(C)(C)OC)CC1. The topological polar surface area (TPSA) is 58.8 Å². The molecule has 0 aromatic rings. The minimum Gasteiger partial charge on any atom is -0.392 e. The van der Waals surface area contributed by atoms with Crippen LogP contribution in [0.4, 0.5) is 0 Å². The van der Waals surface area contributed by atoms with E-state index in [1.54, 1.807) is 7.11 Å². The van der Waals surface area contributed by atoms with E-state index in [2.05, 4.69) is 11.8 Å². The van der Waals surface area contributed by atoms with Crippen LogP contribution in [-0.2, 0) is 9.53 Å². The highest BCUT2D eigenvalue weighted by Crippen LogP contribution is 2.17. The number of rotatable bonds is 6. The molecule has 1 atom stereocenters. The number of piperazine rings is 1. The Hall–Kier alpha value is -0.720. The fraction of sp³-hybridized carbons (Fsp3) is 0.857. The molecule has 20 heavy (non-hydrogen) atoms. The molecule has 1 aliphatic heterocycles. The van der Waals surface area contributed by atoms with Crippen LogP contribution in [0.3, 0.4) is 0 Å². The summed E-state index contributed by atoms with van der Waals surface area (Å²) in [4.78, 5) is 17.0. The van der Waals surface area contributed by atoms with E-state index in [1.165, 1.54) is 0 Å². The molecule has 0 saturated carbocycles. The molecule has 0 aliphatic carbocycles. The Kier molecular flexibility index (Phi) is 6.36. The van der Waals surface area contributed by atoms with Crippen LogP contribution in [0.15, 0.2) is 0 Å². The van der Waals surface area contributed by atoms with Gasteiger partial charge in [0, 0.05) is 33.3 Å².